The fraction of sp³-hybridized carbons (Fsp3) is 0.267. The minimum atomic E-state index is 0.456. The van der Waals surface area contributed by atoms with E-state index in [1.807, 2.05) is 6.07 Å². The van der Waals surface area contributed by atoms with Crippen molar-refractivity contribution in [2.24, 2.45) is 0 Å². The highest BCUT2D eigenvalue weighted by Crippen LogP contribution is 2.22. The fourth-order valence-corrected chi connectivity index (χ4v) is 3.34. The molecule has 98 valence electrons. The van der Waals surface area contributed by atoms with E-state index in [0.29, 0.717) is 5.88 Å². The number of halogens is 1. The van der Waals surface area contributed by atoms with Crippen molar-refractivity contribution < 1.29 is 0 Å². The lowest BCUT2D eigenvalue weighted by atomic mass is 10.2. The highest BCUT2D eigenvalue weighted by Gasteiger charge is 2.11. The standard InChI is InChI=1S/C15H15ClN2S/c1-11-3-2-4-13-15(11)18(14(9-16)17-13)7-5-12-6-8-19-10-12/h2-4,6,8,10H,5,7,9H2,1H3. The van der Waals surface area contributed by atoms with Crippen molar-refractivity contribution in [1.82, 2.24) is 9.55 Å². The third-order valence-corrected chi connectivity index (χ3v) is 4.34. The van der Waals surface area contributed by atoms with Crippen LogP contribution in [-0.2, 0) is 18.8 Å². The number of para-hydroxylation sites is 1. The van der Waals surface area contributed by atoms with E-state index >= 15 is 0 Å². The lowest BCUT2D eigenvalue weighted by molar-refractivity contribution is 0.688. The first-order valence-electron chi connectivity index (χ1n) is 6.31. The molecule has 0 N–H and O–H groups in total. The monoisotopic (exact) mass is 290 g/mol. The van der Waals surface area contributed by atoms with Crippen LogP contribution in [0, 0.1) is 6.92 Å². The molecule has 0 saturated heterocycles. The van der Waals surface area contributed by atoms with Gasteiger partial charge < -0.3 is 4.57 Å². The van der Waals surface area contributed by atoms with Crippen LogP contribution in [0.5, 0.6) is 0 Å². The number of rotatable bonds is 4. The molecule has 2 nitrogen and oxygen atoms in total. The van der Waals surface area contributed by atoms with Gasteiger partial charge in [-0.15, -0.1) is 11.6 Å². The Morgan fingerprint density at radius 1 is 1.32 bits per heavy atom. The van der Waals surface area contributed by atoms with Gasteiger partial charge in [-0.25, -0.2) is 4.98 Å². The highest BCUT2D eigenvalue weighted by molar-refractivity contribution is 7.07. The first kappa shape index (κ1) is 12.7. The molecule has 19 heavy (non-hydrogen) atoms. The van der Waals surface area contributed by atoms with E-state index in [-0.39, 0.29) is 0 Å². The second-order valence-electron chi connectivity index (χ2n) is 4.64. The predicted molar refractivity (Wildman–Crippen MR) is 82.1 cm³/mol. The maximum Gasteiger partial charge on any atom is 0.124 e. The molecule has 0 aliphatic carbocycles. The molecule has 0 fully saturated rings. The Bertz CT molecular complexity index is 686. The second-order valence-corrected chi connectivity index (χ2v) is 5.68. The van der Waals surface area contributed by atoms with E-state index in [2.05, 4.69) is 45.4 Å². The van der Waals surface area contributed by atoms with Crippen molar-refractivity contribution >= 4 is 34.0 Å². The summed E-state index contributed by atoms with van der Waals surface area (Å²) in [4.78, 5) is 4.63. The van der Waals surface area contributed by atoms with Gasteiger partial charge in [-0.1, -0.05) is 12.1 Å². The van der Waals surface area contributed by atoms with Crippen LogP contribution in [0.25, 0.3) is 11.0 Å². The molecule has 0 radical (unpaired) electrons. The average Bonchev–Trinajstić information content (AvgIpc) is 3.03. The molecule has 0 saturated carbocycles. The van der Waals surface area contributed by atoms with Crippen molar-refractivity contribution in [3.63, 3.8) is 0 Å². The van der Waals surface area contributed by atoms with Crippen LogP contribution in [0.2, 0.25) is 0 Å². The molecular weight excluding hydrogens is 276 g/mol. The third-order valence-electron chi connectivity index (χ3n) is 3.37. The van der Waals surface area contributed by atoms with Crippen molar-refractivity contribution in [2.45, 2.75) is 25.8 Å². The van der Waals surface area contributed by atoms with Gasteiger partial charge in [0.05, 0.1) is 16.9 Å². The van der Waals surface area contributed by atoms with Crippen molar-refractivity contribution in [2.75, 3.05) is 0 Å². The van der Waals surface area contributed by atoms with Crippen LogP contribution in [-0.4, -0.2) is 9.55 Å². The number of imidazole rings is 1. The summed E-state index contributed by atoms with van der Waals surface area (Å²) < 4.78 is 2.26. The molecule has 0 aliphatic rings. The minimum absolute atomic E-state index is 0.456. The lowest BCUT2D eigenvalue weighted by Gasteiger charge is -2.08. The van der Waals surface area contributed by atoms with Gasteiger partial charge in [-0.3, -0.25) is 0 Å². The number of nitrogens with zero attached hydrogens (tertiary/aromatic N) is 2. The minimum Gasteiger partial charge on any atom is -0.326 e. The van der Waals surface area contributed by atoms with Crippen LogP contribution < -0.4 is 0 Å². The Morgan fingerprint density at radius 3 is 2.95 bits per heavy atom. The number of thiophene rings is 1. The summed E-state index contributed by atoms with van der Waals surface area (Å²) in [5.41, 5.74) is 4.89. The summed E-state index contributed by atoms with van der Waals surface area (Å²) in [6.07, 6.45) is 1.02. The van der Waals surface area contributed by atoms with Gasteiger partial charge in [-0.05, 0) is 47.4 Å². The second kappa shape index (κ2) is 5.35. The normalized spacial score (nSPS) is 11.3. The smallest absolute Gasteiger partial charge is 0.124 e. The number of benzene rings is 1. The Morgan fingerprint density at radius 2 is 2.21 bits per heavy atom. The molecule has 3 aromatic rings. The SMILES string of the molecule is Cc1cccc2nc(CCl)n(CCc3ccsc3)c12. The largest absolute Gasteiger partial charge is 0.326 e. The summed E-state index contributed by atoms with van der Waals surface area (Å²) in [5.74, 6) is 1.42. The molecule has 2 aromatic heterocycles. The molecule has 0 bridgehead atoms. The molecule has 0 aliphatic heterocycles. The zero-order valence-corrected chi connectivity index (χ0v) is 12.3. The number of aromatic nitrogens is 2. The topological polar surface area (TPSA) is 17.8 Å². The highest BCUT2D eigenvalue weighted by atomic mass is 35.5. The van der Waals surface area contributed by atoms with Crippen LogP contribution in [0.15, 0.2) is 35.0 Å². The third kappa shape index (κ3) is 2.40. The van der Waals surface area contributed by atoms with Gasteiger partial charge in [-0.2, -0.15) is 11.3 Å². The van der Waals surface area contributed by atoms with Crippen LogP contribution in [0.3, 0.4) is 0 Å². The summed E-state index contributed by atoms with van der Waals surface area (Å²) in [7, 11) is 0. The van der Waals surface area contributed by atoms with Crippen molar-refractivity contribution in [3.8, 4) is 0 Å². The number of fused-ring (bicyclic) bond motifs is 1. The van der Waals surface area contributed by atoms with Crippen LogP contribution in [0.1, 0.15) is 17.0 Å². The zero-order valence-electron chi connectivity index (χ0n) is 10.8. The Labute approximate surface area is 121 Å². The number of alkyl halides is 1. The first-order valence-corrected chi connectivity index (χ1v) is 7.79. The quantitative estimate of drug-likeness (QED) is 0.652. The molecule has 0 unspecified atom stereocenters. The van der Waals surface area contributed by atoms with Crippen molar-refractivity contribution in [3.05, 3.63) is 52.0 Å². The first-order chi connectivity index (χ1) is 9.29. The Kier molecular flexibility index (Phi) is 3.58. The van der Waals surface area contributed by atoms with Crippen LogP contribution in [0.4, 0.5) is 0 Å². The summed E-state index contributed by atoms with van der Waals surface area (Å²) >= 11 is 7.78. The average molecular weight is 291 g/mol. The predicted octanol–water partition coefficient (Wildman–Crippen LogP) is 4.39. The molecular formula is C15H15ClN2S. The Hall–Kier alpha value is -1.32. The summed E-state index contributed by atoms with van der Waals surface area (Å²) in [6.45, 7) is 3.06. The van der Waals surface area contributed by atoms with Gasteiger partial charge in [0.2, 0.25) is 0 Å². The Balaban J connectivity index is 2.00. The lowest BCUT2D eigenvalue weighted by Crippen LogP contribution is -2.05. The van der Waals surface area contributed by atoms with E-state index < -0.39 is 0 Å². The van der Waals surface area contributed by atoms with Gasteiger partial charge in [0.25, 0.3) is 0 Å². The van der Waals surface area contributed by atoms with E-state index in [4.69, 9.17) is 11.6 Å². The van der Waals surface area contributed by atoms with Crippen LogP contribution >= 0.6 is 22.9 Å². The maximum absolute atomic E-state index is 6.04. The maximum atomic E-state index is 6.04. The molecule has 1 aromatic carbocycles. The fourth-order valence-electron chi connectivity index (χ4n) is 2.43. The molecule has 3 rings (SSSR count). The van der Waals surface area contributed by atoms with Gasteiger partial charge in [0.15, 0.2) is 0 Å². The molecule has 4 heteroatoms. The van der Waals surface area contributed by atoms with Gasteiger partial charge in [0.1, 0.15) is 5.82 Å². The molecule has 0 atom stereocenters. The summed E-state index contributed by atoms with van der Waals surface area (Å²) in [5, 5.41) is 4.32. The number of hydrogen-bond donors (Lipinski definition) is 0. The van der Waals surface area contributed by atoms with E-state index in [0.717, 1.165) is 24.3 Å². The number of hydrogen-bond acceptors (Lipinski definition) is 2. The van der Waals surface area contributed by atoms with Crippen molar-refractivity contribution in [1.29, 1.82) is 0 Å². The van der Waals surface area contributed by atoms with Gasteiger partial charge >= 0.3 is 0 Å². The number of aryl methyl sites for hydroxylation is 3. The van der Waals surface area contributed by atoms with Gasteiger partial charge in [0, 0.05) is 6.54 Å². The summed E-state index contributed by atoms with van der Waals surface area (Å²) in [6, 6.07) is 8.41. The van der Waals surface area contributed by atoms with E-state index in [1.165, 1.54) is 16.6 Å². The van der Waals surface area contributed by atoms with E-state index in [9.17, 15) is 0 Å². The molecule has 2 heterocycles. The molecule has 0 amide bonds. The zero-order chi connectivity index (χ0) is 13.2. The van der Waals surface area contributed by atoms with E-state index in [1.54, 1.807) is 11.3 Å². The molecule has 0 spiro atoms.